The van der Waals surface area contributed by atoms with Gasteiger partial charge in [0, 0.05) is 31.5 Å². The standard InChI is InChI=1S/C27H26F2N4O3/c28-27(29)10-11-32(18-27)12-13-34-21-7-4-19(5-8-21)16-25-30-26-3-1-2-22(33(26)31-25)20-6-9-23-24(17-20)36-15-14-35-23/h1-9,17H,10-16,18H2. The first-order valence-electron chi connectivity index (χ1n) is 12.1. The number of aromatic nitrogens is 3. The van der Waals surface area contributed by atoms with E-state index < -0.39 is 5.92 Å². The Kier molecular flexibility index (Phi) is 5.92. The number of hydrogen-bond acceptors (Lipinski definition) is 6. The van der Waals surface area contributed by atoms with Crippen molar-refractivity contribution in [3.05, 3.63) is 72.1 Å². The van der Waals surface area contributed by atoms with Crippen LogP contribution in [0.2, 0.25) is 0 Å². The van der Waals surface area contributed by atoms with E-state index in [0.717, 1.165) is 34.0 Å². The molecule has 0 amide bonds. The second kappa shape index (κ2) is 9.39. The molecule has 2 aliphatic heterocycles. The highest BCUT2D eigenvalue weighted by atomic mass is 19.3. The molecule has 0 N–H and O–H groups in total. The molecule has 2 aromatic heterocycles. The Morgan fingerprint density at radius 2 is 1.81 bits per heavy atom. The highest BCUT2D eigenvalue weighted by Crippen LogP contribution is 2.34. The number of nitrogens with zero attached hydrogens (tertiary/aromatic N) is 4. The summed E-state index contributed by atoms with van der Waals surface area (Å²) < 4.78 is 45.6. The summed E-state index contributed by atoms with van der Waals surface area (Å²) in [6.45, 7) is 2.20. The van der Waals surface area contributed by atoms with Crippen molar-refractivity contribution in [1.82, 2.24) is 19.5 Å². The quantitative estimate of drug-likeness (QED) is 0.379. The van der Waals surface area contributed by atoms with Crippen LogP contribution in [0.3, 0.4) is 0 Å². The van der Waals surface area contributed by atoms with Gasteiger partial charge in [-0.3, -0.25) is 4.90 Å². The number of halogens is 2. The largest absolute Gasteiger partial charge is 0.492 e. The second-order valence-electron chi connectivity index (χ2n) is 9.12. The highest BCUT2D eigenvalue weighted by molar-refractivity contribution is 5.66. The fraction of sp³-hybridized carbons (Fsp3) is 0.333. The molecule has 1 fully saturated rings. The zero-order valence-corrected chi connectivity index (χ0v) is 19.7. The third-order valence-electron chi connectivity index (χ3n) is 6.45. The van der Waals surface area contributed by atoms with Gasteiger partial charge in [0.25, 0.3) is 5.92 Å². The van der Waals surface area contributed by atoms with Crippen molar-refractivity contribution in [1.29, 1.82) is 0 Å². The molecule has 2 aliphatic rings. The number of rotatable bonds is 7. The number of ether oxygens (including phenoxy) is 3. The average Bonchev–Trinajstić information content (AvgIpc) is 3.46. The van der Waals surface area contributed by atoms with Crippen molar-refractivity contribution >= 4 is 5.65 Å². The van der Waals surface area contributed by atoms with E-state index in [2.05, 4.69) is 0 Å². The molecule has 0 radical (unpaired) electrons. The molecule has 6 rings (SSSR count). The minimum atomic E-state index is -2.57. The van der Waals surface area contributed by atoms with Gasteiger partial charge in [-0.05, 0) is 48.0 Å². The molecule has 0 saturated carbocycles. The van der Waals surface area contributed by atoms with E-state index >= 15 is 0 Å². The second-order valence-corrected chi connectivity index (χ2v) is 9.12. The lowest BCUT2D eigenvalue weighted by atomic mass is 10.1. The van der Waals surface area contributed by atoms with Crippen molar-refractivity contribution in [3.8, 4) is 28.5 Å². The first-order valence-corrected chi connectivity index (χ1v) is 12.1. The Bertz CT molecular complexity index is 1370. The van der Waals surface area contributed by atoms with Crippen LogP contribution in [0.4, 0.5) is 8.78 Å². The van der Waals surface area contributed by atoms with Crippen LogP contribution in [0.1, 0.15) is 17.8 Å². The third kappa shape index (κ3) is 4.83. The summed E-state index contributed by atoms with van der Waals surface area (Å²) >= 11 is 0. The van der Waals surface area contributed by atoms with E-state index in [1.54, 1.807) is 4.90 Å². The molecule has 0 bridgehead atoms. The molecule has 0 atom stereocenters. The maximum atomic E-state index is 13.3. The smallest absolute Gasteiger partial charge is 0.261 e. The van der Waals surface area contributed by atoms with Gasteiger partial charge in [-0.2, -0.15) is 5.10 Å². The Morgan fingerprint density at radius 3 is 2.61 bits per heavy atom. The van der Waals surface area contributed by atoms with Gasteiger partial charge in [-0.15, -0.1) is 0 Å². The van der Waals surface area contributed by atoms with Crippen molar-refractivity contribution < 1.29 is 23.0 Å². The van der Waals surface area contributed by atoms with Crippen LogP contribution in [0.5, 0.6) is 17.2 Å². The molecule has 9 heteroatoms. The minimum Gasteiger partial charge on any atom is -0.492 e. The zero-order chi connectivity index (χ0) is 24.5. The number of hydrogen-bond donors (Lipinski definition) is 0. The first kappa shape index (κ1) is 22.7. The van der Waals surface area contributed by atoms with Crippen LogP contribution >= 0.6 is 0 Å². The van der Waals surface area contributed by atoms with Crippen LogP contribution in [0, 0.1) is 0 Å². The Morgan fingerprint density at radius 1 is 0.972 bits per heavy atom. The Labute approximate surface area is 207 Å². The van der Waals surface area contributed by atoms with Crippen LogP contribution in [-0.2, 0) is 6.42 Å². The van der Waals surface area contributed by atoms with E-state index in [0.29, 0.717) is 50.9 Å². The van der Waals surface area contributed by atoms with Crippen molar-refractivity contribution in [2.75, 3.05) is 39.5 Å². The summed E-state index contributed by atoms with van der Waals surface area (Å²) in [5, 5.41) is 4.76. The van der Waals surface area contributed by atoms with Gasteiger partial charge in [0.2, 0.25) is 0 Å². The molecule has 36 heavy (non-hydrogen) atoms. The Hall–Kier alpha value is -3.72. The number of benzene rings is 2. The maximum Gasteiger partial charge on any atom is 0.261 e. The van der Waals surface area contributed by atoms with Crippen molar-refractivity contribution in [2.24, 2.45) is 0 Å². The molecule has 0 unspecified atom stereocenters. The molecule has 4 aromatic rings. The van der Waals surface area contributed by atoms with Crippen molar-refractivity contribution in [2.45, 2.75) is 18.8 Å². The zero-order valence-electron chi connectivity index (χ0n) is 19.7. The van der Waals surface area contributed by atoms with Gasteiger partial charge < -0.3 is 14.2 Å². The summed E-state index contributed by atoms with van der Waals surface area (Å²) in [4.78, 5) is 6.45. The van der Waals surface area contributed by atoms with E-state index in [9.17, 15) is 8.78 Å². The number of likely N-dealkylation sites (tertiary alicyclic amines) is 1. The van der Waals surface area contributed by atoms with Crippen LogP contribution in [0.25, 0.3) is 16.9 Å². The predicted molar refractivity (Wildman–Crippen MR) is 130 cm³/mol. The average molecular weight is 493 g/mol. The van der Waals surface area contributed by atoms with Gasteiger partial charge in [-0.1, -0.05) is 18.2 Å². The molecule has 1 saturated heterocycles. The summed E-state index contributed by atoms with van der Waals surface area (Å²) in [6, 6.07) is 19.5. The van der Waals surface area contributed by atoms with E-state index in [-0.39, 0.29) is 13.0 Å². The van der Waals surface area contributed by atoms with Crippen LogP contribution in [0.15, 0.2) is 60.7 Å². The summed E-state index contributed by atoms with van der Waals surface area (Å²) in [5.74, 6) is 0.341. The number of fused-ring (bicyclic) bond motifs is 2. The topological polar surface area (TPSA) is 61.1 Å². The third-order valence-corrected chi connectivity index (χ3v) is 6.45. The van der Waals surface area contributed by atoms with Crippen LogP contribution in [-0.4, -0.2) is 64.9 Å². The normalized spacial score (nSPS) is 16.9. The monoisotopic (exact) mass is 492 g/mol. The molecule has 7 nitrogen and oxygen atoms in total. The lowest BCUT2D eigenvalue weighted by molar-refractivity contribution is 0.0113. The van der Waals surface area contributed by atoms with Gasteiger partial charge in [-0.25, -0.2) is 18.3 Å². The van der Waals surface area contributed by atoms with E-state index in [1.165, 1.54) is 0 Å². The summed E-state index contributed by atoms with van der Waals surface area (Å²) in [7, 11) is 0. The lowest BCUT2D eigenvalue weighted by Gasteiger charge is -2.19. The molecule has 4 heterocycles. The van der Waals surface area contributed by atoms with Crippen molar-refractivity contribution in [3.63, 3.8) is 0 Å². The molecule has 2 aromatic carbocycles. The Balaban J connectivity index is 1.12. The van der Waals surface area contributed by atoms with E-state index in [1.807, 2.05) is 65.2 Å². The highest BCUT2D eigenvalue weighted by Gasteiger charge is 2.37. The summed E-state index contributed by atoms with van der Waals surface area (Å²) in [6.07, 6.45) is 0.502. The minimum absolute atomic E-state index is 0.0724. The van der Waals surface area contributed by atoms with Crippen LogP contribution < -0.4 is 14.2 Å². The predicted octanol–water partition coefficient (Wildman–Crippen LogP) is 4.48. The van der Waals surface area contributed by atoms with Gasteiger partial charge in [0.05, 0.1) is 12.2 Å². The lowest BCUT2D eigenvalue weighted by Crippen LogP contribution is -2.29. The molecular formula is C27H26F2N4O3. The van der Waals surface area contributed by atoms with E-state index in [4.69, 9.17) is 24.3 Å². The summed E-state index contributed by atoms with van der Waals surface area (Å²) in [5.41, 5.74) is 3.71. The maximum absolute atomic E-state index is 13.3. The molecular weight excluding hydrogens is 466 g/mol. The number of pyridine rings is 1. The van der Waals surface area contributed by atoms with Gasteiger partial charge >= 0.3 is 0 Å². The molecule has 186 valence electrons. The fourth-order valence-corrected chi connectivity index (χ4v) is 4.62. The molecule has 0 aliphatic carbocycles. The SMILES string of the molecule is FC1(F)CCN(CCOc2ccc(Cc3nc4cccc(-c5ccc6c(c5)OCCO6)n4n3)cc2)C1. The van der Waals surface area contributed by atoms with Gasteiger partial charge in [0.1, 0.15) is 25.6 Å². The fourth-order valence-electron chi connectivity index (χ4n) is 4.62. The first-order chi connectivity index (χ1) is 17.5. The molecule has 0 spiro atoms. The number of alkyl halides is 2. The van der Waals surface area contributed by atoms with Gasteiger partial charge in [0.15, 0.2) is 23.0 Å².